The summed E-state index contributed by atoms with van der Waals surface area (Å²) < 4.78 is 0. The van der Waals surface area contributed by atoms with Crippen LogP contribution in [0, 0.1) is 11.3 Å². The first-order chi connectivity index (χ1) is 7.45. The first kappa shape index (κ1) is 12.6. The van der Waals surface area contributed by atoms with Gasteiger partial charge in [-0.2, -0.15) is 5.26 Å². The zero-order chi connectivity index (χ0) is 12.2. The molecule has 1 rings (SSSR count). The van der Waals surface area contributed by atoms with Gasteiger partial charge < -0.3 is 4.90 Å². The van der Waals surface area contributed by atoms with Crippen LogP contribution in [0.1, 0.15) is 32.8 Å². The third kappa shape index (κ3) is 3.27. The second kappa shape index (κ2) is 5.03. The van der Waals surface area contributed by atoms with Gasteiger partial charge in [-0.1, -0.05) is 32.9 Å². The van der Waals surface area contributed by atoms with Crippen LogP contribution in [-0.4, -0.2) is 13.6 Å². The fourth-order valence-electron chi connectivity index (χ4n) is 1.56. The molecule has 0 saturated heterocycles. The van der Waals surface area contributed by atoms with Gasteiger partial charge in [0, 0.05) is 19.3 Å². The van der Waals surface area contributed by atoms with Gasteiger partial charge in [0.2, 0.25) is 0 Å². The number of nitrogens with zero attached hydrogens (tertiary/aromatic N) is 2. The Balaban J connectivity index is 2.76. The van der Waals surface area contributed by atoms with Crippen LogP contribution in [0.5, 0.6) is 0 Å². The van der Waals surface area contributed by atoms with Crippen molar-refractivity contribution in [1.82, 2.24) is 0 Å². The molecule has 0 atom stereocenters. The van der Waals surface area contributed by atoms with E-state index in [1.807, 2.05) is 7.05 Å². The van der Waals surface area contributed by atoms with Gasteiger partial charge in [-0.3, -0.25) is 0 Å². The molecule has 16 heavy (non-hydrogen) atoms. The second-order valence-corrected chi connectivity index (χ2v) is 5.13. The molecule has 0 aliphatic carbocycles. The van der Waals surface area contributed by atoms with E-state index in [4.69, 9.17) is 5.26 Å². The molecular weight excluding hydrogens is 196 g/mol. The summed E-state index contributed by atoms with van der Waals surface area (Å²) in [5.41, 5.74) is 2.71. The molecule has 0 amide bonds. The van der Waals surface area contributed by atoms with Gasteiger partial charge in [0.15, 0.2) is 0 Å². The average molecular weight is 216 g/mol. The van der Waals surface area contributed by atoms with Crippen molar-refractivity contribution in [3.8, 4) is 6.07 Å². The summed E-state index contributed by atoms with van der Waals surface area (Å²) in [5.74, 6) is 0. The van der Waals surface area contributed by atoms with E-state index in [9.17, 15) is 0 Å². The number of rotatable bonds is 3. The fourth-order valence-corrected chi connectivity index (χ4v) is 1.56. The molecule has 1 aromatic carbocycles. The standard InChI is InChI=1S/C14H20N2/c1-14(2,3)12-6-8-13(9-7-12)16(4)11-5-10-15/h6-9H,5,11H2,1-4H3. The molecule has 0 heterocycles. The lowest BCUT2D eigenvalue weighted by molar-refractivity contribution is 0.590. The minimum atomic E-state index is 0.198. The molecule has 0 saturated carbocycles. The Morgan fingerprint density at radius 2 is 1.75 bits per heavy atom. The Morgan fingerprint density at radius 1 is 1.19 bits per heavy atom. The van der Waals surface area contributed by atoms with Crippen molar-refractivity contribution >= 4 is 5.69 Å². The number of anilines is 1. The summed E-state index contributed by atoms with van der Waals surface area (Å²) in [6, 6.07) is 10.7. The van der Waals surface area contributed by atoms with Crippen molar-refractivity contribution in [3.63, 3.8) is 0 Å². The van der Waals surface area contributed by atoms with Gasteiger partial charge in [-0.15, -0.1) is 0 Å². The fraction of sp³-hybridized carbons (Fsp3) is 0.500. The lowest BCUT2D eigenvalue weighted by Gasteiger charge is -2.22. The van der Waals surface area contributed by atoms with Gasteiger partial charge in [-0.05, 0) is 23.1 Å². The molecule has 0 aliphatic heterocycles. The highest BCUT2D eigenvalue weighted by molar-refractivity contribution is 5.47. The van der Waals surface area contributed by atoms with Crippen molar-refractivity contribution in [2.75, 3.05) is 18.5 Å². The summed E-state index contributed by atoms with van der Waals surface area (Å²) in [6.45, 7) is 7.41. The first-order valence-electron chi connectivity index (χ1n) is 5.64. The minimum absolute atomic E-state index is 0.198. The quantitative estimate of drug-likeness (QED) is 0.775. The lowest BCUT2D eigenvalue weighted by Crippen LogP contribution is -2.18. The molecule has 0 aliphatic rings. The van der Waals surface area contributed by atoms with Crippen LogP contribution in [-0.2, 0) is 5.41 Å². The molecule has 86 valence electrons. The molecule has 0 bridgehead atoms. The highest BCUT2D eigenvalue weighted by atomic mass is 15.1. The molecule has 2 nitrogen and oxygen atoms in total. The zero-order valence-corrected chi connectivity index (χ0v) is 10.6. The first-order valence-corrected chi connectivity index (χ1v) is 5.64. The average Bonchev–Trinajstić information content (AvgIpc) is 2.25. The van der Waals surface area contributed by atoms with Crippen LogP contribution in [0.3, 0.4) is 0 Å². The number of nitriles is 1. The van der Waals surface area contributed by atoms with Gasteiger partial charge in [0.1, 0.15) is 0 Å². The normalized spacial score (nSPS) is 10.9. The van der Waals surface area contributed by atoms with E-state index in [2.05, 4.69) is 56.0 Å². The minimum Gasteiger partial charge on any atom is -0.374 e. The Hall–Kier alpha value is -1.49. The molecule has 0 N–H and O–H groups in total. The van der Waals surface area contributed by atoms with Crippen LogP contribution in [0.25, 0.3) is 0 Å². The maximum Gasteiger partial charge on any atom is 0.0640 e. The van der Waals surface area contributed by atoms with Crippen LogP contribution < -0.4 is 4.90 Å². The predicted molar refractivity (Wildman–Crippen MR) is 68.6 cm³/mol. The summed E-state index contributed by atoms with van der Waals surface area (Å²) in [6.07, 6.45) is 0.567. The van der Waals surface area contributed by atoms with Crippen LogP contribution in [0.4, 0.5) is 5.69 Å². The molecule has 2 heteroatoms. The maximum atomic E-state index is 8.54. The lowest BCUT2D eigenvalue weighted by atomic mass is 9.87. The van der Waals surface area contributed by atoms with Gasteiger partial charge in [0.25, 0.3) is 0 Å². The Kier molecular flexibility index (Phi) is 3.95. The van der Waals surface area contributed by atoms with Gasteiger partial charge in [0.05, 0.1) is 12.5 Å². The Bertz CT molecular complexity index is 365. The summed E-state index contributed by atoms with van der Waals surface area (Å²) >= 11 is 0. The summed E-state index contributed by atoms with van der Waals surface area (Å²) in [7, 11) is 2.02. The Morgan fingerprint density at radius 3 is 2.19 bits per heavy atom. The van der Waals surface area contributed by atoms with E-state index in [-0.39, 0.29) is 5.41 Å². The van der Waals surface area contributed by atoms with Gasteiger partial charge in [-0.25, -0.2) is 0 Å². The second-order valence-electron chi connectivity index (χ2n) is 5.13. The van der Waals surface area contributed by atoms with E-state index in [1.165, 1.54) is 11.3 Å². The largest absolute Gasteiger partial charge is 0.374 e. The van der Waals surface area contributed by atoms with Crippen LogP contribution in [0.15, 0.2) is 24.3 Å². The van der Waals surface area contributed by atoms with E-state index >= 15 is 0 Å². The van der Waals surface area contributed by atoms with E-state index in [0.717, 1.165) is 6.54 Å². The third-order valence-corrected chi connectivity index (χ3v) is 2.73. The number of hydrogen-bond donors (Lipinski definition) is 0. The van der Waals surface area contributed by atoms with Crippen LogP contribution >= 0.6 is 0 Å². The molecule has 0 fully saturated rings. The van der Waals surface area contributed by atoms with E-state index in [0.29, 0.717) is 6.42 Å². The molecule has 0 spiro atoms. The van der Waals surface area contributed by atoms with Crippen molar-refractivity contribution in [1.29, 1.82) is 5.26 Å². The molecule has 0 aromatic heterocycles. The maximum absolute atomic E-state index is 8.54. The third-order valence-electron chi connectivity index (χ3n) is 2.73. The summed E-state index contributed by atoms with van der Waals surface area (Å²) in [4.78, 5) is 2.11. The SMILES string of the molecule is CN(CCC#N)c1ccc(C(C)(C)C)cc1. The highest BCUT2D eigenvalue weighted by Gasteiger charge is 2.13. The number of hydrogen-bond acceptors (Lipinski definition) is 2. The monoisotopic (exact) mass is 216 g/mol. The smallest absolute Gasteiger partial charge is 0.0640 e. The van der Waals surface area contributed by atoms with Crippen molar-refractivity contribution in [2.24, 2.45) is 0 Å². The molecule has 0 radical (unpaired) electrons. The van der Waals surface area contributed by atoms with Crippen molar-refractivity contribution in [3.05, 3.63) is 29.8 Å². The molecule has 0 unspecified atom stereocenters. The highest BCUT2D eigenvalue weighted by Crippen LogP contribution is 2.24. The van der Waals surface area contributed by atoms with E-state index < -0.39 is 0 Å². The molecule has 1 aromatic rings. The molecular formula is C14H20N2. The van der Waals surface area contributed by atoms with Crippen molar-refractivity contribution < 1.29 is 0 Å². The van der Waals surface area contributed by atoms with Gasteiger partial charge >= 0.3 is 0 Å². The summed E-state index contributed by atoms with van der Waals surface area (Å²) in [5, 5.41) is 8.54. The Labute approximate surface area is 98.5 Å². The van der Waals surface area contributed by atoms with E-state index in [1.54, 1.807) is 0 Å². The predicted octanol–water partition coefficient (Wildman–Crippen LogP) is 3.33. The van der Waals surface area contributed by atoms with Crippen molar-refractivity contribution in [2.45, 2.75) is 32.6 Å². The van der Waals surface area contributed by atoms with Crippen LogP contribution in [0.2, 0.25) is 0 Å². The zero-order valence-electron chi connectivity index (χ0n) is 10.6. The topological polar surface area (TPSA) is 27.0 Å². The number of benzene rings is 1.